The van der Waals surface area contributed by atoms with Gasteiger partial charge in [-0.05, 0) is 26.2 Å². The number of hydrogen-bond donors (Lipinski definition) is 1. The van der Waals surface area contributed by atoms with Gasteiger partial charge in [-0.15, -0.1) is 0 Å². The van der Waals surface area contributed by atoms with E-state index in [1.807, 2.05) is 6.92 Å². The summed E-state index contributed by atoms with van der Waals surface area (Å²) in [6.45, 7) is 6.81. The summed E-state index contributed by atoms with van der Waals surface area (Å²) in [7, 11) is 0. The minimum Gasteiger partial charge on any atom is -0.348 e. The van der Waals surface area contributed by atoms with Crippen LogP contribution in [0.1, 0.15) is 46.0 Å². The highest BCUT2D eigenvalue weighted by atomic mass is 16.7. The molecule has 0 aromatic carbocycles. The Morgan fingerprint density at radius 1 is 1.31 bits per heavy atom. The van der Waals surface area contributed by atoms with Crippen molar-refractivity contribution < 1.29 is 9.47 Å². The summed E-state index contributed by atoms with van der Waals surface area (Å²) in [6, 6.07) is 0.635. The summed E-state index contributed by atoms with van der Waals surface area (Å²) in [4.78, 5) is 0. The summed E-state index contributed by atoms with van der Waals surface area (Å²) in [5, 5.41) is 3.57. The molecule has 0 amide bonds. The van der Waals surface area contributed by atoms with Gasteiger partial charge < -0.3 is 14.8 Å². The molecule has 1 unspecified atom stereocenters. The van der Waals surface area contributed by atoms with Gasteiger partial charge in [0.05, 0.1) is 13.2 Å². The van der Waals surface area contributed by atoms with Crippen LogP contribution in [0.25, 0.3) is 0 Å². The van der Waals surface area contributed by atoms with E-state index in [1.165, 1.54) is 25.7 Å². The second kappa shape index (κ2) is 5.48. The van der Waals surface area contributed by atoms with E-state index in [0.29, 0.717) is 6.04 Å². The van der Waals surface area contributed by atoms with Crippen LogP contribution in [0.2, 0.25) is 0 Å². The summed E-state index contributed by atoms with van der Waals surface area (Å²) in [5.74, 6) is 0.653. The average Bonchev–Trinajstić information content (AvgIpc) is 2.59. The molecular weight excluding hydrogens is 202 g/mol. The van der Waals surface area contributed by atoms with Gasteiger partial charge in [0, 0.05) is 19.0 Å². The van der Waals surface area contributed by atoms with Crippen LogP contribution in [-0.4, -0.2) is 31.6 Å². The van der Waals surface area contributed by atoms with Gasteiger partial charge >= 0.3 is 0 Å². The maximum atomic E-state index is 5.57. The van der Waals surface area contributed by atoms with E-state index in [-0.39, 0.29) is 5.79 Å². The van der Waals surface area contributed by atoms with Gasteiger partial charge in [0.1, 0.15) is 0 Å². The van der Waals surface area contributed by atoms with Crippen molar-refractivity contribution in [3.8, 4) is 0 Å². The van der Waals surface area contributed by atoms with Crippen molar-refractivity contribution in [2.75, 3.05) is 19.8 Å². The van der Waals surface area contributed by atoms with Crippen molar-refractivity contribution in [1.82, 2.24) is 5.32 Å². The van der Waals surface area contributed by atoms with Gasteiger partial charge in [-0.25, -0.2) is 0 Å². The van der Waals surface area contributed by atoms with E-state index in [2.05, 4.69) is 12.2 Å². The Morgan fingerprint density at radius 2 is 2.00 bits per heavy atom. The maximum absolute atomic E-state index is 5.57. The van der Waals surface area contributed by atoms with Crippen LogP contribution in [0.4, 0.5) is 0 Å². The van der Waals surface area contributed by atoms with Crippen molar-refractivity contribution in [3.05, 3.63) is 0 Å². The largest absolute Gasteiger partial charge is 0.348 e. The molecule has 1 N–H and O–H groups in total. The van der Waals surface area contributed by atoms with Crippen LogP contribution in [0, 0.1) is 5.92 Å². The Labute approximate surface area is 98.9 Å². The van der Waals surface area contributed by atoms with Gasteiger partial charge in [-0.2, -0.15) is 0 Å². The highest BCUT2D eigenvalue weighted by Crippen LogP contribution is 2.30. The molecule has 3 heteroatoms. The van der Waals surface area contributed by atoms with Gasteiger partial charge in [-0.1, -0.05) is 19.3 Å². The highest BCUT2D eigenvalue weighted by molar-refractivity contribution is 4.76. The predicted molar refractivity (Wildman–Crippen MR) is 64.3 cm³/mol. The second-order valence-corrected chi connectivity index (χ2v) is 5.47. The molecule has 16 heavy (non-hydrogen) atoms. The van der Waals surface area contributed by atoms with Crippen LogP contribution in [0.3, 0.4) is 0 Å². The molecule has 0 bridgehead atoms. The highest BCUT2D eigenvalue weighted by Gasteiger charge is 2.30. The summed E-state index contributed by atoms with van der Waals surface area (Å²) in [5.41, 5.74) is 0. The molecule has 2 aliphatic rings. The number of ether oxygens (including phenoxy) is 2. The first kappa shape index (κ1) is 12.3. The van der Waals surface area contributed by atoms with Crippen molar-refractivity contribution >= 4 is 0 Å². The van der Waals surface area contributed by atoms with Crippen LogP contribution in [0.5, 0.6) is 0 Å². The predicted octanol–water partition coefficient (Wildman–Crippen LogP) is 2.31. The van der Waals surface area contributed by atoms with E-state index in [9.17, 15) is 0 Å². The van der Waals surface area contributed by atoms with E-state index in [1.54, 1.807) is 0 Å². The molecule has 94 valence electrons. The fourth-order valence-corrected chi connectivity index (χ4v) is 2.56. The third kappa shape index (κ3) is 3.44. The van der Waals surface area contributed by atoms with Gasteiger partial charge in [-0.3, -0.25) is 0 Å². The molecule has 3 nitrogen and oxygen atoms in total. The summed E-state index contributed by atoms with van der Waals surface area (Å²) < 4.78 is 11.1. The molecule has 1 heterocycles. The zero-order valence-electron chi connectivity index (χ0n) is 10.6. The number of hydrogen-bond acceptors (Lipinski definition) is 3. The fourth-order valence-electron chi connectivity index (χ4n) is 2.56. The molecule has 2 fully saturated rings. The number of rotatable bonds is 6. The van der Waals surface area contributed by atoms with Crippen LogP contribution in [0.15, 0.2) is 0 Å². The molecule has 2 rings (SSSR count). The minimum absolute atomic E-state index is 0.330. The summed E-state index contributed by atoms with van der Waals surface area (Å²) >= 11 is 0. The zero-order chi connectivity index (χ0) is 11.4. The first-order chi connectivity index (χ1) is 7.68. The van der Waals surface area contributed by atoms with E-state index < -0.39 is 0 Å². The van der Waals surface area contributed by atoms with E-state index in [0.717, 1.165) is 32.1 Å². The lowest BCUT2D eigenvalue weighted by Crippen LogP contribution is -2.36. The van der Waals surface area contributed by atoms with Crippen molar-refractivity contribution in [1.29, 1.82) is 0 Å². The third-order valence-corrected chi connectivity index (χ3v) is 3.88. The normalized spacial score (nSPS) is 26.6. The Kier molecular flexibility index (Phi) is 4.22. The van der Waals surface area contributed by atoms with Crippen molar-refractivity contribution in [2.45, 2.75) is 57.8 Å². The smallest absolute Gasteiger partial charge is 0.166 e. The molecule has 1 saturated heterocycles. The molecule has 1 atom stereocenters. The maximum Gasteiger partial charge on any atom is 0.166 e. The average molecular weight is 227 g/mol. The molecule has 1 saturated carbocycles. The fraction of sp³-hybridized carbons (Fsp3) is 1.00. The SMILES string of the molecule is CC(CC1CCC1)NCCC1(C)OCCO1. The number of nitrogens with one attached hydrogen (secondary N) is 1. The van der Waals surface area contributed by atoms with Crippen molar-refractivity contribution in [3.63, 3.8) is 0 Å². The topological polar surface area (TPSA) is 30.5 Å². The molecule has 0 spiro atoms. The first-order valence-electron chi connectivity index (χ1n) is 6.69. The summed E-state index contributed by atoms with van der Waals surface area (Å²) in [6.07, 6.45) is 6.60. The zero-order valence-corrected chi connectivity index (χ0v) is 10.6. The Balaban J connectivity index is 1.56. The van der Waals surface area contributed by atoms with E-state index in [4.69, 9.17) is 9.47 Å². The monoisotopic (exact) mass is 227 g/mol. The third-order valence-electron chi connectivity index (χ3n) is 3.88. The lowest BCUT2D eigenvalue weighted by atomic mass is 9.81. The van der Waals surface area contributed by atoms with Crippen LogP contribution >= 0.6 is 0 Å². The molecule has 0 radical (unpaired) electrons. The lowest BCUT2D eigenvalue weighted by Gasteiger charge is -2.29. The first-order valence-corrected chi connectivity index (χ1v) is 6.69. The molecule has 1 aliphatic carbocycles. The molecule has 1 aliphatic heterocycles. The quantitative estimate of drug-likeness (QED) is 0.755. The molecule has 0 aromatic heterocycles. The Hall–Kier alpha value is -0.120. The van der Waals surface area contributed by atoms with Crippen LogP contribution in [-0.2, 0) is 9.47 Å². The molecular formula is C13H25NO2. The molecule has 0 aromatic rings. The van der Waals surface area contributed by atoms with Crippen LogP contribution < -0.4 is 5.32 Å². The van der Waals surface area contributed by atoms with Gasteiger partial charge in [0.15, 0.2) is 5.79 Å². The Bertz CT molecular complexity index is 210. The minimum atomic E-state index is -0.330. The lowest BCUT2D eigenvalue weighted by molar-refractivity contribution is -0.145. The van der Waals surface area contributed by atoms with E-state index >= 15 is 0 Å². The Morgan fingerprint density at radius 3 is 2.56 bits per heavy atom. The standard InChI is InChI=1S/C13H25NO2/c1-11(10-12-4-3-5-12)14-7-6-13(2)15-8-9-16-13/h11-12,14H,3-10H2,1-2H3. The van der Waals surface area contributed by atoms with Crippen molar-refractivity contribution in [2.24, 2.45) is 5.92 Å². The second-order valence-electron chi connectivity index (χ2n) is 5.47. The van der Waals surface area contributed by atoms with Gasteiger partial charge in [0.2, 0.25) is 0 Å². The van der Waals surface area contributed by atoms with Gasteiger partial charge in [0.25, 0.3) is 0 Å².